The molecule has 98 valence electrons. The summed E-state index contributed by atoms with van der Waals surface area (Å²) in [7, 11) is 1.69. The molecule has 0 saturated heterocycles. The second-order valence-electron chi connectivity index (χ2n) is 4.30. The fourth-order valence-corrected chi connectivity index (χ4v) is 2.64. The number of hydrogen-bond donors (Lipinski definition) is 1. The van der Waals surface area contributed by atoms with Gasteiger partial charge in [0, 0.05) is 24.6 Å². The van der Waals surface area contributed by atoms with Crippen LogP contribution in [0.3, 0.4) is 0 Å². The van der Waals surface area contributed by atoms with E-state index in [0.717, 1.165) is 13.2 Å². The fraction of sp³-hybridized carbons (Fsp3) is 0.692. The number of rotatable bonds is 9. The molecular weight excluding hydrogens is 234 g/mol. The van der Waals surface area contributed by atoms with Crippen LogP contribution in [0.4, 0.5) is 0 Å². The first kappa shape index (κ1) is 14.6. The molecule has 3 nitrogen and oxygen atoms in total. The van der Waals surface area contributed by atoms with Gasteiger partial charge in [-0.2, -0.15) is 0 Å². The van der Waals surface area contributed by atoms with Crippen LogP contribution in [0.5, 0.6) is 0 Å². The second-order valence-corrected chi connectivity index (χ2v) is 5.28. The summed E-state index contributed by atoms with van der Waals surface area (Å²) in [5.41, 5.74) is 0. The molecule has 1 atom stereocenters. The van der Waals surface area contributed by atoms with Crippen molar-refractivity contribution in [1.82, 2.24) is 5.32 Å². The van der Waals surface area contributed by atoms with Gasteiger partial charge < -0.3 is 14.8 Å². The van der Waals surface area contributed by atoms with Crippen LogP contribution < -0.4 is 5.32 Å². The summed E-state index contributed by atoms with van der Waals surface area (Å²) in [5.74, 6) is 0.590. The summed E-state index contributed by atoms with van der Waals surface area (Å²) in [5, 5.41) is 5.67. The maximum Gasteiger partial charge on any atom is 0.0700 e. The molecule has 0 aliphatic carbocycles. The summed E-state index contributed by atoms with van der Waals surface area (Å²) >= 11 is 1.81. The normalized spacial score (nSPS) is 13.2. The van der Waals surface area contributed by atoms with Gasteiger partial charge in [-0.05, 0) is 17.4 Å². The van der Waals surface area contributed by atoms with Gasteiger partial charge in [-0.15, -0.1) is 11.3 Å². The minimum atomic E-state index is 0.432. The largest absolute Gasteiger partial charge is 0.382 e. The van der Waals surface area contributed by atoms with Crippen molar-refractivity contribution in [3.8, 4) is 0 Å². The Morgan fingerprint density at radius 2 is 2.12 bits per heavy atom. The van der Waals surface area contributed by atoms with E-state index in [9.17, 15) is 0 Å². The topological polar surface area (TPSA) is 30.5 Å². The van der Waals surface area contributed by atoms with E-state index in [1.807, 2.05) is 11.3 Å². The van der Waals surface area contributed by atoms with Gasteiger partial charge in [0.25, 0.3) is 0 Å². The molecule has 1 rings (SSSR count). The Labute approximate surface area is 108 Å². The first-order valence-electron chi connectivity index (χ1n) is 6.09. The lowest BCUT2D eigenvalue weighted by Crippen LogP contribution is -2.28. The zero-order valence-corrected chi connectivity index (χ0v) is 11.8. The van der Waals surface area contributed by atoms with Crippen molar-refractivity contribution in [3.05, 3.63) is 22.4 Å². The van der Waals surface area contributed by atoms with Crippen molar-refractivity contribution in [2.45, 2.75) is 19.9 Å². The lowest BCUT2D eigenvalue weighted by Gasteiger charge is -2.21. The summed E-state index contributed by atoms with van der Waals surface area (Å²) in [6.45, 7) is 7.43. The van der Waals surface area contributed by atoms with Crippen molar-refractivity contribution in [2.75, 3.05) is 33.5 Å². The smallest absolute Gasteiger partial charge is 0.0700 e. The Kier molecular flexibility index (Phi) is 7.44. The highest BCUT2D eigenvalue weighted by atomic mass is 32.1. The highest BCUT2D eigenvalue weighted by molar-refractivity contribution is 7.10. The Morgan fingerprint density at radius 1 is 1.29 bits per heavy atom. The highest BCUT2D eigenvalue weighted by Gasteiger charge is 2.15. The third kappa shape index (κ3) is 5.64. The Hall–Kier alpha value is -0.420. The molecule has 0 aliphatic rings. The van der Waals surface area contributed by atoms with Gasteiger partial charge in [0.2, 0.25) is 0 Å². The molecule has 0 amide bonds. The first-order chi connectivity index (χ1) is 8.25. The third-order valence-corrected chi connectivity index (χ3v) is 3.51. The Bertz CT molecular complexity index is 275. The maximum absolute atomic E-state index is 5.44. The average Bonchev–Trinajstić information content (AvgIpc) is 2.81. The third-order valence-electron chi connectivity index (χ3n) is 2.56. The van der Waals surface area contributed by atoms with Crippen molar-refractivity contribution in [3.63, 3.8) is 0 Å². The molecule has 17 heavy (non-hydrogen) atoms. The molecule has 0 aliphatic heterocycles. The molecule has 0 spiro atoms. The number of methoxy groups -OCH3 is 1. The van der Waals surface area contributed by atoms with E-state index >= 15 is 0 Å². The van der Waals surface area contributed by atoms with E-state index in [4.69, 9.17) is 9.47 Å². The van der Waals surface area contributed by atoms with Crippen LogP contribution in [0, 0.1) is 5.92 Å². The SMILES string of the molecule is COCCOCCNC(c1cccs1)C(C)C. The van der Waals surface area contributed by atoms with Crippen LogP contribution in [-0.4, -0.2) is 33.5 Å². The molecule has 1 unspecified atom stereocenters. The average molecular weight is 257 g/mol. The van der Waals surface area contributed by atoms with Crippen molar-refractivity contribution in [2.24, 2.45) is 5.92 Å². The molecular formula is C13H23NO2S. The molecule has 0 fully saturated rings. The molecule has 1 aromatic rings. The standard InChI is InChI=1S/C13H23NO2S/c1-11(2)13(12-5-4-10-17-12)14-6-7-16-9-8-15-3/h4-5,10-11,13-14H,6-9H2,1-3H3. The summed E-state index contributed by atoms with van der Waals surface area (Å²) in [6, 6.07) is 4.72. The van der Waals surface area contributed by atoms with Gasteiger partial charge in [-0.1, -0.05) is 19.9 Å². The van der Waals surface area contributed by atoms with E-state index in [1.165, 1.54) is 4.88 Å². The van der Waals surface area contributed by atoms with Gasteiger partial charge in [-0.25, -0.2) is 0 Å². The Morgan fingerprint density at radius 3 is 2.71 bits per heavy atom. The van der Waals surface area contributed by atoms with Crippen LogP contribution in [0.2, 0.25) is 0 Å². The quantitative estimate of drug-likeness (QED) is 0.690. The molecule has 0 saturated carbocycles. The zero-order chi connectivity index (χ0) is 12.5. The molecule has 1 N–H and O–H groups in total. The van der Waals surface area contributed by atoms with Crippen molar-refractivity contribution in [1.29, 1.82) is 0 Å². The van der Waals surface area contributed by atoms with Gasteiger partial charge in [0.15, 0.2) is 0 Å². The van der Waals surface area contributed by atoms with Gasteiger partial charge in [0.05, 0.1) is 19.8 Å². The minimum Gasteiger partial charge on any atom is -0.382 e. The van der Waals surface area contributed by atoms with E-state index in [-0.39, 0.29) is 0 Å². The van der Waals surface area contributed by atoms with Crippen molar-refractivity contribution < 1.29 is 9.47 Å². The number of nitrogens with one attached hydrogen (secondary N) is 1. The van der Waals surface area contributed by atoms with Gasteiger partial charge in [-0.3, -0.25) is 0 Å². The summed E-state index contributed by atoms with van der Waals surface area (Å²) < 4.78 is 10.4. The number of thiophene rings is 1. The first-order valence-corrected chi connectivity index (χ1v) is 6.97. The van der Waals surface area contributed by atoms with E-state index in [0.29, 0.717) is 25.2 Å². The van der Waals surface area contributed by atoms with E-state index in [1.54, 1.807) is 7.11 Å². The highest BCUT2D eigenvalue weighted by Crippen LogP contribution is 2.25. The van der Waals surface area contributed by atoms with Crippen LogP contribution >= 0.6 is 11.3 Å². The van der Waals surface area contributed by atoms with Crippen LogP contribution in [0.1, 0.15) is 24.8 Å². The predicted molar refractivity (Wildman–Crippen MR) is 72.6 cm³/mol. The van der Waals surface area contributed by atoms with E-state index < -0.39 is 0 Å². The lowest BCUT2D eigenvalue weighted by molar-refractivity contribution is 0.0705. The summed E-state index contributed by atoms with van der Waals surface area (Å²) in [6.07, 6.45) is 0. The Balaban J connectivity index is 2.22. The predicted octanol–water partition coefficient (Wildman–Crippen LogP) is 2.70. The van der Waals surface area contributed by atoms with Gasteiger partial charge >= 0.3 is 0 Å². The van der Waals surface area contributed by atoms with E-state index in [2.05, 4.69) is 36.7 Å². The lowest BCUT2D eigenvalue weighted by atomic mass is 10.0. The number of hydrogen-bond acceptors (Lipinski definition) is 4. The van der Waals surface area contributed by atoms with Crippen LogP contribution in [-0.2, 0) is 9.47 Å². The second kappa shape index (κ2) is 8.64. The monoisotopic (exact) mass is 257 g/mol. The molecule has 0 aromatic carbocycles. The summed E-state index contributed by atoms with van der Waals surface area (Å²) in [4.78, 5) is 1.40. The maximum atomic E-state index is 5.44. The van der Waals surface area contributed by atoms with Crippen LogP contribution in [0.25, 0.3) is 0 Å². The van der Waals surface area contributed by atoms with Crippen molar-refractivity contribution >= 4 is 11.3 Å². The fourth-order valence-electron chi connectivity index (χ4n) is 1.66. The van der Waals surface area contributed by atoms with Gasteiger partial charge in [0.1, 0.15) is 0 Å². The zero-order valence-electron chi connectivity index (χ0n) is 10.9. The van der Waals surface area contributed by atoms with Crippen LogP contribution in [0.15, 0.2) is 17.5 Å². The minimum absolute atomic E-state index is 0.432. The molecule has 0 bridgehead atoms. The molecule has 0 radical (unpaired) electrons. The number of ether oxygens (including phenoxy) is 2. The molecule has 1 aromatic heterocycles. The molecule has 1 heterocycles. The molecule has 4 heteroatoms.